The molecule has 1 aliphatic carbocycles. The van der Waals surface area contributed by atoms with Gasteiger partial charge < -0.3 is 15.0 Å². The number of halogens is 2. The van der Waals surface area contributed by atoms with Gasteiger partial charge >= 0.3 is 6.09 Å². The van der Waals surface area contributed by atoms with Crippen molar-refractivity contribution in [3.8, 4) is 0 Å². The van der Waals surface area contributed by atoms with Gasteiger partial charge in [0.1, 0.15) is 5.52 Å². The van der Waals surface area contributed by atoms with Gasteiger partial charge in [0.2, 0.25) is 5.28 Å². The van der Waals surface area contributed by atoms with Crippen LogP contribution >= 0.6 is 23.2 Å². The number of carbonyl (C=O) groups is 1. The molecule has 1 aliphatic rings. The first-order chi connectivity index (χ1) is 10.0. The van der Waals surface area contributed by atoms with E-state index in [1.54, 1.807) is 6.33 Å². The Hall–Kier alpha value is -1.60. The Morgan fingerprint density at radius 2 is 2.19 bits per heavy atom. The number of amides is 1. The van der Waals surface area contributed by atoms with E-state index >= 15 is 0 Å². The molecule has 3 rings (SSSR count). The van der Waals surface area contributed by atoms with E-state index in [-0.39, 0.29) is 22.5 Å². The van der Waals surface area contributed by atoms with E-state index in [9.17, 15) is 4.79 Å². The largest absolute Gasteiger partial charge is 0.465 e. The normalized spacial score (nSPS) is 22.4. The van der Waals surface area contributed by atoms with Gasteiger partial charge in [-0.3, -0.25) is 0 Å². The molecule has 2 atom stereocenters. The molecule has 0 saturated heterocycles. The lowest BCUT2D eigenvalue weighted by atomic mass is 9.91. The molecule has 0 aliphatic heterocycles. The molecule has 2 unspecified atom stereocenters. The summed E-state index contributed by atoms with van der Waals surface area (Å²) >= 11 is 11.9. The quantitative estimate of drug-likeness (QED) is 0.652. The minimum absolute atomic E-state index is 0.0634. The molecule has 2 aromatic rings. The number of rotatable bonds is 2. The highest BCUT2D eigenvalue weighted by molar-refractivity contribution is 6.35. The van der Waals surface area contributed by atoms with Crippen LogP contribution in [0.4, 0.5) is 4.79 Å². The summed E-state index contributed by atoms with van der Waals surface area (Å²) in [6, 6.07) is 0.0501. The molecule has 1 amide bonds. The first-order valence-electron chi connectivity index (χ1n) is 6.59. The second-order valence-corrected chi connectivity index (χ2v) is 5.77. The highest BCUT2D eigenvalue weighted by Crippen LogP contribution is 2.32. The van der Waals surface area contributed by atoms with Crippen LogP contribution in [0.25, 0.3) is 11.2 Å². The molecule has 0 bridgehead atoms. The van der Waals surface area contributed by atoms with Crippen LogP contribution in [0.3, 0.4) is 0 Å². The van der Waals surface area contributed by atoms with Crippen LogP contribution < -0.4 is 5.32 Å². The maximum absolute atomic E-state index is 10.8. The molecule has 9 heteroatoms. The summed E-state index contributed by atoms with van der Waals surface area (Å²) in [4.78, 5) is 23.1. The smallest absolute Gasteiger partial charge is 0.404 e. The zero-order chi connectivity index (χ0) is 15.0. The van der Waals surface area contributed by atoms with Crippen LogP contribution in [-0.2, 0) is 0 Å². The predicted molar refractivity (Wildman–Crippen MR) is 77.8 cm³/mol. The van der Waals surface area contributed by atoms with Crippen molar-refractivity contribution in [2.75, 3.05) is 0 Å². The van der Waals surface area contributed by atoms with Gasteiger partial charge in [-0.05, 0) is 37.3 Å². The van der Waals surface area contributed by atoms with E-state index in [1.165, 1.54) is 0 Å². The van der Waals surface area contributed by atoms with Crippen molar-refractivity contribution in [3.05, 3.63) is 16.8 Å². The Balaban J connectivity index is 1.91. The number of nitrogens with one attached hydrogen (secondary N) is 1. The van der Waals surface area contributed by atoms with Crippen LogP contribution in [-0.4, -0.2) is 36.8 Å². The zero-order valence-electron chi connectivity index (χ0n) is 11.0. The van der Waals surface area contributed by atoms with Gasteiger partial charge in [-0.2, -0.15) is 4.98 Å². The van der Waals surface area contributed by atoms with Crippen LogP contribution in [0.1, 0.15) is 31.7 Å². The molecule has 112 valence electrons. The van der Waals surface area contributed by atoms with Gasteiger partial charge in [-0.25, -0.2) is 14.8 Å². The third kappa shape index (κ3) is 2.89. The third-order valence-electron chi connectivity index (χ3n) is 3.72. The SMILES string of the molecule is O=C(O)NC1CCCC(n2cnc3c(Cl)nc(Cl)nc32)C1. The average Bonchev–Trinajstić information content (AvgIpc) is 2.82. The minimum Gasteiger partial charge on any atom is -0.465 e. The molecule has 21 heavy (non-hydrogen) atoms. The van der Waals surface area contributed by atoms with Gasteiger partial charge in [0, 0.05) is 12.1 Å². The Bertz CT molecular complexity index is 690. The lowest BCUT2D eigenvalue weighted by Crippen LogP contribution is -2.38. The predicted octanol–water partition coefficient (Wildman–Crippen LogP) is 2.88. The number of aromatic nitrogens is 4. The highest BCUT2D eigenvalue weighted by atomic mass is 35.5. The summed E-state index contributed by atoms with van der Waals surface area (Å²) in [7, 11) is 0. The van der Waals surface area contributed by atoms with Crippen molar-refractivity contribution in [1.29, 1.82) is 0 Å². The minimum atomic E-state index is -0.996. The number of imidazole rings is 1. The second kappa shape index (κ2) is 5.65. The third-order valence-corrected chi connectivity index (χ3v) is 4.15. The number of hydrogen-bond acceptors (Lipinski definition) is 4. The van der Waals surface area contributed by atoms with Gasteiger partial charge in [0.25, 0.3) is 0 Å². The molecule has 1 fully saturated rings. The Kier molecular flexibility index (Phi) is 3.86. The van der Waals surface area contributed by atoms with Crippen molar-refractivity contribution < 1.29 is 9.90 Å². The maximum atomic E-state index is 10.8. The van der Waals surface area contributed by atoms with Crippen LogP contribution in [0, 0.1) is 0 Å². The van der Waals surface area contributed by atoms with Gasteiger partial charge in [-0.15, -0.1) is 0 Å². The highest BCUT2D eigenvalue weighted by Gasteiger charge is 2.26. The number of carboxylic acid groups (broad SMARTS) is 1. The molecule has 0 spiro atoms. The Morgan fingerprint density at radius 1 is 1.38 bits per heavy atom. The van der Waals surface area contributed by atoms with Crippen LogP contribution in [0.5, 0.6) is 0 Å². The van der Waals surface area contributed by atoms with Gasteiger partial charge in [-0.1, -0.05) is 11.6 Å². The fraction of sp³-hybridized carbons (Fsp3) is 0.500. The fourth-order valence-corrected chi connectivity index (χ4v) is 3.27. The van der Waals surface area contributed by atoms with Crippen LogP contribution in [0.15, 0.2) is 6.33 Å². The van der Waals surface area contributed by atoms with Crippen molar-refractivity contribution in [1.82, 2.24) is 24.8 Å². The summed E-state index contributed by atoms with van der Waals surface area (Å²) in [6.45, 7) is 0. The lowest BCUT2D eigenvalue weighted by Gasteiger charge is -2.29. The van der Waals surface area contributed by atoms with E-state index in [4.69, 9.17) is 28.3 Å². The van der Waals surface area contributed by atoms with Crippen molar-refractivity contribution in [2.45, 2.75) is 37.8 Å². The zero-order valence-corrected chi connectivity index (χ0v) is 12.5. The Morgan fingerprint density at radius 3 is 2.95 bits per heavy atom. The molecule has 0 aromatic carbocycles. The molecule has 7 nitrogen and oxygen atoms in total. The molecule has 1 saturated carbocycles. The number of fused-ring (bicyclic) bond motifs is 1. The molecule has 2 heterocycles. The van der Waals surface area contributed by atoms with Crippen molar-refractivity contribution in [2.24, 2.45) is 0 Å². The summed E-state index contributed by atoms with van der Waals surface area (Å²) < 4.78 is 1.91. The molecule has 2 N–H and O–H groups in total. The van der Waals surface area contributed by atoms with E-state index < -0.39 is 6.09 Å². The Labute approximate surface area is 130 Å². The van der Waals surface area contributed by atoms with Crippen molar-refractivity contribution >= 4 is 40.5 Å². The van der Waals surface area contributed by atoms with E-state index in [1.807, 2.05) is 4.57 Å². The summed E-state index contributed by atoms with van der Waals surface area (Å²) in [5.74, 6) is 0. The van der Waals surface area contributed by atoms with Crippen molar-refractivity contribution in [3.63, 3.8) is 0 Å². The van der Waals surface area contributed by atoms with Crippen LogP contribution in [0.2, 0.25) is 10.4 Å². The average molecular weight is 330 g/mol. The summed E-state index contributed by atoms with van der Waals surface area (Å²) in [6.07, 6.45) is 4.06. The fourth-order valence-electron chi connectivity index (χ4n) is 2.85. The standard InChI is InChI=1S/C12H13Cl2N5O2/c13-9-8-10(18-11(14)17-9)19(5-15-8)7-3-1-2-6(4-7)16-12(20)21/h5-7,16H,1-4H2,(H,20,21). The molecule has 2 aromatic heterocycles. The summed E-state index contributed by atoms with van der Waals surface area (Å²) in [5, 5.41) is 11.7. The monoisotopic (exact) mass is 329 g/mol. The first-order valence-corrected chi connectivity index (χ1v) is 7.35. The van der Waals surface area contributed by atoms with E-state index in [0.29, 0.717) is 17.6 Å². The topological polar surface area (TPSA) is 92.9 Å². The summed E-state index contributed by atoms with van der Waals surface area (Å²) in [5.41, 5.74) is 1.09. The maximum Gasteiger partial charge on any atom is 0.404 e. The molecule has 0 radical (unpaired) electrons. The second-order valence-electron chi connectivity index (χ2n) is 5.07. The lowest BCUT2D eigenvalue weighted by molar-refractivity contribution is 0.181. The molecular formula is C12H13Cl2N5O2. The van der Waals surface area contributed by atoms with Gasteiger partial charge in [0.15, 0.2) is 10.8 Å². The van der Waals surface area contributed by atoms with Gasteiger partial charge in [0.05, 0.1) is 6.33 Å². The van der Waals surface area contributed by atoms with E-state index in [0.717, 1.165) is 19.3 Å². The molecular weight excluding hydrogens is 317 g/mol. The van der Waals surface area contributed by atoms with E-state index in [2.05, 4.69) is 20.3 Å². The number of nitrogens with zero attached hydrogens (tertiary/aromatic N) is 4. The first kappa shape index (κ1) is 14.3. The number of hydrogen-bond donors (Lipinski definition) is 2.